The van der Waals surface area contributed by atoms with E-state index < -0.39 is 0 Å². The Hall–Kier alpha value is -1.79. The molecule has 0 aliphatic rings. The number of rotatable bonds is 7. The Bertz CT molecular complexity index is 695. The van der Waals surface area contributed by atoms with Crippen LogP contribution in [0.3, 0.4) is 0 Å². The van der Waals surface area contributed by atoms with Crippen LogP contribution in [0.5, 0.6) is 0 Å². The zero-order valence-corrected chi connectivity index (χ0v) is 15.4. The van der Waals surface area contributed by atoms with Crippen molar-refractivity contribution in [2.24, 2.45) is 5.41 Å². The normalized spacial score (nSPS) is 12.9. The van der Waals surface area contributed by atoms with Crippen molar-refractivity contribution in [2.75, 3.05) is 12.8 Å². The molecule has 1 amide bonds. The predicted octanol–water partition coefficient (Wildman–Crippen LogP) is 3.12. The van der Waals surface area contributed by atoms with Gasteiger partial charge in [-0.3, -0.25) is 9.36 Å². The maximum absolute atomic E-state index is 12.4. The number of nitrogens with zero attached hydrogens (tertiary/aromatic N) is 2. The van der Waals surface area contributed by atoms with Gasteiger partial charge in [0.2, 0.25) is 0 Å². The first kappa shape index (κ1) is 18.5. The molecule has 0 aliphatic heterocycles. The average molecular weight is 347 g/mol. The van der Waals surface area contributed by atoms with Gasteiger partial charge in [0.05, 0.1) is 6.10 Å². The maximum atomic E-state index is 12.4. The van der Waals surface area contributed by atoms with Gasteiger partial charge >= 0.3 is 0 Å². The van der Waals surface area contributed by atoms with Crippen LogP contribution in [0.4, 0.5) is 0 Å². The van der Waals surface area contributed by atoms with E-state index in [0.717, 1.165) is 10.8 Å². The number of hydrogen-bond acceptors (Lipinski definition) is 4. The van der Waals surface area contributed by atoms with Gasteiger partial charge in [-0.15, -0.1) is 0 Å². The van der Waals surface area contributed by atoms with Gasteiger partial charge in [-0.2, -0.15) is 0 Å². The fourth-order valence-electron chi connectivity index (χ4n) is 2.73. The zero-order valence-electron chi connectivity index (χ0n) is 14.6. The van der Waals surface area contributed by atoms with Gasteiger partial charge < -0.3 is 10.4 Å². The SMILES string of the molecule is CSc1nccn1-c1cccc(C(=O)NCC(C)(C)CC(C)O)c1. The Labute approximate surface area is 147 Å². The third-order valence-electron chi connectivity index (χ3n) is 3.75. The molecule has 5 nitrogen and oxygen atoms in total. The van der Waals surface area contributed by atoms with Crippen molar-refractivity contribution in [1.82, 2.24) is 14.9 Å². The van der Waals surface area contributed by atoms with Crippen LogP contribution in [0.15, 0.2) is 41.8 Å². The summed E-state index contributed by atoms with van der Waals surface area (Å²) in [4.78, 5) is 16.7. The van der Waals surface area contributed by atoms with Crippen molar-refractivity contribution in [3.8, 4) is 5.69 Å². The molecule has 1 aromatic heterocycles. The van der Waals surface area contributed by atoms with E-state index in [2.05, 4.69) is 10.3 Å². The summed E-state index contributed by atoms with van der Waals surface area (Å²) in [5, 5.41) is 13.4. The van der Waals surface area contributed by atoms with Crippen LogP contribution in [0.2, 0.25) is 0 Å². The van der Waals surface area contributed by atoms with E-state index in [4.69, 9.17) is 0 Å². The molecule has 2 N–H and O–H groups in total. The summed E-state index contributed by atoms with van der Waals surface area (Å²) in [6, 6.07) is 7.49. The van der Waals surface area contributed by atoms with Crippen LogP contribution < -0.4 is 5.32 Å². The molecule has 1 heterocycles. The Morgan fingerprint density at radius 2 is 2.21 bits per heavy atom. The highest BCUT2D eigenvalue weighted by molar-refractivity contribution is 7.98. The number of benzene rings is 1. The van der Waals surface area contributed by atoms with Gasteiger partial charge in [-0.05, 0) is 43.2 Å². The lowest BCUT2D eigenvalue weighted by molar-refractivity contribution is 0.0902. The molecule has 0 saturated carbocycles. The van der Waals surface area contributed by atoms with Crippen LogP contribution in [-0.2, 0) is 0 Å². The Kier molecular flexibility index (Phi) is 6.07. The van der Waals surface area contributed by atoms with E-state index in [9.17, 15) is 9.90 Å². The summed E-state index contributed by atoms with van der Waals surface area (Å²) in [5.41, 5.74) is 1.37. The average Bonchev–Trinajstić information content (AvgIpc) is 3.00. The molecule has 130 valence electrons. The van der Waals surface area contributed by atoms with Crippen LogP contribution in [0, 0.1) is 5.41 Å². The summed E-state index contributed by atoms with van der Waals surface area (Å²) in [6.07, 6.45) is 5.86. The fraction of sp³-hybridized carbons (Fsp3) is 0.444. The van der Waals surface area contributed by atoms with E-state index in [0.29, 0.717) is 18.5 Å². The number of carbonyl (C=O) groups is 1. The molecule has 0 aliphatic carbocycles. The Morgan fingerprint density at radius 3 is 2.88 bits per heavy atom. The number of hydrogen-bond donors (Lipinski definition) is 2. The Morgan fingerprint density at radius 1 is 1.46 bits per heavy atom. The van der Waals surface area contributed by atoms with Gasteiger partial charge in [0, 0.05) is 30.2 Å². The van der Waals surface area contributed by atoms with Crippen molar-refractivity contribution in [1.29, 1.82) is 0 Å². The summed E-state index contributed by atoms with van der Waals surface area (Å²) in [5.74, 6) is -0.110. The molecule has 0 bridgehead atoms. The lowest BCUT2D eigenvalue weighted by atomic mass is 9.87. The fourth-order valence-corrected chi connectivity index (χ4v) is 3.26. The van der Waals surface area contributed by atoms with Crippen molar-refractivity contribution in [3.63, 3.8) is 0 Å². The molecule has 0 spiro atoms. The van der Waals surface area contributed by atoms with Gasteiger partial charge in [0.1, 0.15) is 0 Å². The number of aliphatic hydroxyl groups is 1. The number of aromatic nitrogens is 2. The second-order valence-electron chi connectivity index (χ2n) is 6.73. The van der Waals surface area contributed by atoms with Gasteiger partial charge in [-0.1, -0.05) is 31.7 Å². The van der Waals surface area contributed by atoms with E-state index >= 15 is 0 Å². The molecule has 0 radical (unpaired) electrons. The molecular weight excluding hydrogens is 322 g/mol. The summed E-state index contributed by atoms with van der Waals surface area (Å²) in [6.45, 7) is 6.35. The van der Waals surface area contributed by atoms with Crippen LogP contribution in [0.25, 0.3) is 5.69 Å². The standard InChI is InChI=1S/C18H25N3O2S/c1-13(22)11-18(2,3)12-20-16(23)14-6-5-7-15(10-14)21-9-8-19-17(21)24-4/h5-10,13,22H,11-12H2,1-4H3,(H,20,23). The molecule has 2 rings (SSSR count). The first-order valence-electron chi connectivity index (χ1n) is 7.96. The highest BCUT2D eigenvalue weighted by Crippen LogP contribution is 2.22. The number of thioether (sulfide) groups is 1. The summed E-state index contributed by atoms with van der Waals surface area (Å²) in [7, 11) is 0. The topological polar surface area (TPSA) is 67.2 Å². The molecule has 1 atom stereocenters. The lowest BCUT2D eigenvalue weighted by Crippen LogP contribution is -2.35. The number of carbonyl (C=O) groups excluding carboxylic acids is 1. The molecule has 1 aromatic carbocycles. The summed E-state index contributed by atoms with van der Waals surface area (Å²) < 4.78 is 1.96. The first-order valence-corrected chi connectivity index (χ1v) is 9.19. The molecular formula is C18H25N3O2S. The van der Waals surface area contributed by atoms with Crippen molar-refractivity contribution < 1.29 is 9.90 Å². The lowest BCUT2D eigenvalue weighted by Gasteiger charge is -2.26. The van der Waals surface area contributed by atoms with E-state index in [-0.39, 0.29) is 17.4 Å². The van der Waals surface area contributed by atoms with Gasteiger partial charge in [-0.25, -0.2) is 4.98 Å². The number of imidazole rings is 1. The van der Waals surface area contributed by atoms with Crippen molar-refractivity contribution in [3.05, 3.63) is 42.2 Å². The third-order valence-corrected chi connectivity index (χ3v) is 4.42. The quantitative estimate of drug-likeness (QED) is 0.755. The molecule has 0 saturated heterocycles. The summed E-state index contributed by atoms with van der Waals surface area (Å²) >= 11 is 1.56. The molecule has 1 unspecified atom stereocenters. The predicted molar refractivity (Wildman–Crippen MR) is 97.8 cm³/mol. The van der Waals surface area contributed by atoms with Crippen LogP contribution in [-0.4, -0.2) is 39.5 Å². The smallest absolute Gasteiger partial charge is 0.251 e. The minimum atomic E-state index is -0.383. The zero-order chi connectivity index (χ0) is 17.7. The van der Waals surface area contributed by atoms with Crippen LogP contribution >= 0.6 is 11.8 Å². The Balaban J connectivity index is 2.10. The minimum absolute atomic E-state index is 0.110. The number of amides is 1. The van der Waals surface area contributed by atoms with Crippen molar-refractivity contribution >= 4 is 17.7 Å². The monoisotopic (exact) mass is 347 g/mol. The highest BCUT2D eigenvalue weighted by atomic mass is 32.2. The molecule has 2 aromatic rings. The number of nitrogens with one attached hydrogen (secondary N) is 1. The highest BCUT2D eigenvalue weighted by Gasteiger charge is 2.21. The first-order chi connectivity index (χ1) is 11.3. The molecule has 6 heteroatoms. The van der Waals surface area contributed by atoms with Crippen LogP contribution in [0.1, 0.15) is 37.6 Å². The second kappa shape index (κ2) is 7.85. The van der Waals surface area contributed by atoms with E-state index in [1.165, 1.54) is 0 Å². The maximum Gasteiger partial charge on any atom is 0.251 e. The molecule has 24 heavy (non-hydrogen) atoms. The second-order valence-corrected chi connectivity index (χ2v) is 7.51. The van der Waals surface area contributed by atoms with E-state index in [1.54, 1.807) is 30.9 Å². The largest absolute Gasteiger partial charge is 0.393 e. The van der Waals surface area contributed by atoms with Gasteiger partial charge in [0.25, 0.3) is 5.91 Å². The minimum Gasteiger partial charge on any atom is -0.393 e. The number of aliphatic hydroxyl groups excluding tert-OH is 1. The van der Waals surface area contributed by atoms with Gasteiger partial charge in [0.15, 0.2) is 5.16 Å². The van der Waals surface area contributed by atoms with Crippen molar-refractivity contribution in [2.45, 2.75) is 38.5 Å². The molecule has 0 fully saturated rings. The third kappa shape index (κ3) is 4.85. The van der Waals surface area contributed by atoms with E-state index in [1.807, 2.05) is 49.1 Å².